The third-order valence-electron chi connectivity index (χ3n) is 2.18. The summed E-state index contributed by atoms with van der Waals surface area (Å²) in [6.07, 6.45) is 0.925. The van der Waals surface area contributed by atoms with Crippen LogP contribution in [0.2, 0.25) is 0 Å². The number of hydrogen-bond acceptors (Lipinski definition) is 5. The molecule has 0 aliphatic heterocycles. The van der Waals surface area contributed by atoms with Gasteiger partial charge < -0.3 is 0 Å². The summed E-state index contributed by atoms with van der Waals surface area (Å²) in [5.41, 5.74) is -0.346. The van der Waals surface area contributed by atoms with E-state index >= 15 is 0 Å². The van der Waals surface area contributed by atoms with Crippen molar-refractivity contribution in [2.45, 2.75) is 12.2 Å². The third kappa shape index (κ3) is 2.74. The molecule has 1 rings (SSSR count). The quantitative estimate of drug-likeness (QED) is 0.349. The van der Waals surface area contributed by atoms with Crippen LogP contribution in [0.1, 0.15) is 17.7 Å². The average molecular weight is 256 g/mol. The second-order valence-electron chi connectivity index (χ2n) is 3.16. The first-order valence-corrected chi connectivity index (χ1v) is 5.96. The number of hydrogen-bond donors (Lipinski definition) is 0. The second-order valence-corrected chi connectivity index (χ2v) is 5.08. The van der Waals surface area contributed by atoms with Gasteiger partial charge in [0.05, 0.1) is 4.92 Å². The average Bonchev–Trinajstić information content (AvgIpc) is 2.28. The van der Waals surface area contributed by atoms with E-state index in [2.05, 4.69) is 4.40 Å². The van der Waals surface area contributed by atoms with Gasteiger partial charge in [0.15, 0.2) is 0 Å². The van der Waals surface area contributed by atoms with E-state index in [1.165, 1.54) is 31.2 Å². The van der Waals surface area contributed by atoms with Crippen molar-refractivity contribution in [3.8, 4) is 0 Å². The first kappa shape index (κ1) is 13.0. The second kappa shape index (κ2) is 4.86. The minimum Gasteiger partial charge on any atom is -0.258 e. The van der Waals surface area contributed by atoms with Gasteiger partial charge in [0, 0.05) is 11.6 Å². The van der Waals surface area contributed by atoms with Gasteiger partial charge in [-0.3, -0.25) is 10.1 Å². The Bertz CT molecular complexity index is 589. The summed E-state index contributed by atoms with van der Waals surface area (Å²) in [7, 11) is -4.12. The molecule has 1 aromatic carbocycles. The molecule has 7 nitrogen and oxygen atoms in total. The van der Waals surface area contributed by atoms with E-state index in [9.17, 15) is 23.3 Å². The van der Waals surface area contributed by atoms with Gasteiger partial charge in [0.2, 0.25) is 0 Å². The molecule has 0 saturated carbocycles. The van der Waals surface area contributed by atoms with Crippen molar-refractivity contribution < 1.29 is 18.1 Å². The molecule has 0 saturated heterocycles. The maximum atomic E-state index is 11.5. The fraction of sp³-hybridized carbons (Fsp3) is 0.222. The van der Waals surface area contributed by atoms with Gasteiger partial charge in [-0.2, -0.15) is 0 Å². The van der Waals surface area contributed by atoms with E-state index in [1.807, 2.05) is 0 Å². The SMILES string of the molecule is CC(c1ccccc1[N+](=O)[O-])S(=O)(=O)N=C=O. The number of benzene rings is 1. The van der Waals surface area contributed by atoms with Crippen molar-refractivity contribution in [1.29, 1.82) is 0 Å². The fourth-order valence-corrected chi connectivity index (χ4v) is 2.07. The Morgan fingerprint density at radius 3 is 2.53 bits per heavy atom. The number of sulfonamides is 1. The molecule has 0 N–H and O–H groups in total. The van der Waals surface area contributed by atoms with E-state index in [1.54, 1.807) is 0 Å². The highest BCUT2D eigenvalue weighted by atomic mass is 32.2. The fourth-order valence-electron chi connectivity index (χ4n) is 1.29. The van der Waals surface area contributed by atoms with Gasteiger partial charge in [0.25, 0.3) is 21.8 Å². The lowest BCUT2D eigenvalue weighted by Crippen LogP contribution is -2.09. The van der Waals surface area contributed by atoms with Crippen LogP contribution in [0.3, 0.4) is 0 Å². The number of nitro groups is 1. The summed E-state index contributed by atoms with van der Waals surface area (Å²) < 4.78 is 25.6. The first-order valence-electron chi connectivity index (χ1n) is 4.46. The molecule has 17 heavy (non-hydrogen) atoms. The number of para-hydroxylation sites is 1. The smallest absolute Gasteiger partial charge is 0.258 e. The molecule has 1 aromatic rings. The summed E-state index contributed by atoms with van der Waals surface area (Å²) in [5, 5.41) is 9.44. The Morgan fingerprint density at radius 1 is 1.41 bits per heavy atom. The monoisotopic (exact) mass is 256 g/mol. The van der Waals surface area contributed by atoms with Gasteiger partial charge in [-0.05, 0) is 6.92 Å². The highest BCUT2D eigenvalue weighted by Crippen LogP contribution is 2.30. The number of nitrogens with zero attached hydrogens (tertiary/aromatic N) is 2. The van der Waals surface area contributed by atoms with Gasteiger partial charge >= 0.3 is 0 Å². The molecular weight excluding hydrogens is 248 g/mol. The maximum absolute atomic E-state index is 11.5. The van der Waals surface area contributed by atoms with Crippen LogP contribution in [0.15, 0.2) is 28.7 Å². The van der Waals surface area contributed by atoms with Crippen LogP contribution in [0.4, 0.5) is 5.69 Å². The molecule has 0 aliphatic carbocycles. The molecule has 0 radical (unpaired) electrons. The number of nitro benzene ring substituents is 1. The van der Waals surface area contributed by atoms with Crippen molar-refractivity contribution in [3.05, 3.63) is 39.9 Å². The van der Waals surface area contributed by atoms with Gasteiger partial charge in [-0.1, -0.05) is 22.6 Å². The van der Waals surface area contributed by atoms with Gasteiger partial charge in [-0.25, -0.2) is 13.2 Å². The Labute approximate surface area is 97.0 Å². The number of carbonyl (C=O) groups excluding carboxylic acids is 1. The highest BCUT2D eigenvalue weighted by Gasteiger charge is 2.28. The number of isocyanates is 1. The zero-order valence-electron chi connectivity index (χ0n) is 8.73. The zero-order chi connectivity index (χ0) is 13.1. The molecule has 1 unspecified atom stereocenters. The maximum Gasteiger partial charge on any atom is 0.273 e. The van der Waals surface area contributed by atoms with Crippen molar-refractivity contribution in [2.75, 3.05) is 0 Å². The Kier molecular flexibility index (Phi) is 3.72. The van der Waals surface area contributed by atoms with Crippen LogP contribution in [-0.2, 0) is 14.8 Å². The molecule has 0 fully saturated rings. The molecule has 0 heterocycles. The molecule has 0 amide bonds. The van der Waals surface area contributed by atoms with Crippen LogP contribution in [0.25, 0.3) is 0 Å². The molecule has 1 atom stereocenters. The van der Waals surface area contributed by atoms with Crippen LogP contribution >= 0.6 is 0 Å². The normalized spacial score (nSPS) is 12.5. The van der Waals surface area contributed by atoms with E-state index in [4.69, 9.17) is 0 Å². The van der Waals surface area contributed by atoms with Crippen molar-refractivity contribution in [1.82, 2.24) is 0 Å². The van der Waals surface area contributed by atoms with Gasteiger partial charge in [0.1, 0.15) is 5.25 Å². The molecule has 0 bridgehead atoms. The van der Waals surface area contributed by atoms with Crippen LogP contribution < -0.4 is 0 Å². The lowest BCUT2D eigenvalue weighted by atomic mass is 10.1. The van der Waals surface area contributed by atoms with Gasteiger partial charge in [-0.15, -0.1) is 0 Å². The summed E-state index contributed by atoms with van der Waals surface area (Å²) >= 11 is 0. The van der Waals surface area contributed by atoms with Crippen molar-refractivity contribution in [3.63, 3.8) is 0 Å². The molecular formula is C9H8N2O5S. The summed E-state index contributed by atoms with van der Waals surface area (Å²) in [5.74, 6) is 0. The Hall–Kier alpha value is -2.05. The predicted octanol–water partition coefficient (Wildman–Crippen LogP) is 1.32. The molecule has 0 aliphatic rings. The molecule has 90 valence electrons. The number of rotatable bonds is 4. The van der Waals surface area contributed by atoms with E-state index in [-0.39, 0.29) is 11.3 Å². The molecule has 0 aromatic heterocycles. The highest BCUT2D eigenvalue weighted by molar-refractivity contribution is 7.90. The van der Waals surface area contributed by atoms with Crippen molar-refractivity contribution >= 4 is 21.8 Å². The minimum atomic E-state index is -4.12. The standard InChI is InChI=1S/C9H8N2O5S/c1-7(17(15,16)10-6-12)8-4-2-3-5-9(8)11(13)14/h2-5,7H,1H3. The molecule has 0 spiro atoms. The van der Waals surface area contributed by atoms with Crippen LogP contribution in [0.5, 0.6) is 0 Å². The first-order chi connectivity index (χ1) is 7.90. The minimum absolute atomic E-state index is 0.0171. The van der Waals surface area contributed by atoms with Crippen molar-refractivity contribution in [2.24, 2.45) is 4.40 Å². The van der Waals surface area contributed by atoms with Crippen LogP contribution in [0, 0.1) is 10.1 Å². The summed E-state index contributed by atoms with van der Waals surface area (Å²) in [4.78, 5) is 20.0. The summed E-state index contributed by atoms with van der Waals surface area (Å²) in [6.45, 7) is 1.22. The topological polar surface area (TPSA) is 107 Å². The Balaban J connectivity index is 3.35. The van der Waals surface area contributed by atoms with Crippen LogP contribution in [-0.4, -0.2) is 19.4 Å². The third-order valence-corrected chi connectivity index (χ3v) is 3.66. The zero-order valence-corrected chi connectivity index (χ0v) is 9.55. The van der Waals surface area contributed by atoms with E-state index in [0.717, 1.165) is 6.08 Å². The predicted molar refractivity (Wildman–Crippen MR) is 58.6 cm³/mol. The van der Waals surface area contributed by atoms with E-state index < -0.39 is 20.2 Å². The lowest BCUT2D eigenvalue weighted by molar-refractivity contribution is -0.385. The Morgan fingerprint density at radius 2 is 2.00 bits per heavy atom. The summed E-state index contributed by atoms with van der Waals surface area (Å²) in [6, 6.07) is 5.38. The molecule has 8 heteroatoms. The van der Waals surface area contributed by atoms with E-state index in [0.29, 0.717) is 0 Å². The largest absolute Gasteiger partial charge is 0.273 e. The lowest BCUT2D eigenvalue weighted by Gasteiger charge is -2.08.